The molecule has 0 spiro atoms. The molecule has 7 heteroatoms. The summed E-state index contributed by atoms with van der Waals surface area (Å²) in [4.78, 5) is 17.5. The Kier molecular flexibility index (Phi) is 11.9. The Labute approximate surface area is 173 Å². The number of halogens is 1. The van der Waals surface area contributed by atoms with Gasteiger partial charge in [-0.3, -0.25) is 9.79 Å². The Balaban J connectivity index is 0.00000576. The van der Waals surface area contributed by atoms with E-state index >= 15 is 0 Å². The highest BCUT2D eigenvalue weighted by molar-refractivity contribution is 14.0. The van der Waals surface area contributed by atoms with Gasteiger partial charge in [0.25, 0.3) is 0 Å². The number of rotatable bonds is 8. The normalized spacial score (nSPS) is 12.8. The molecule has 1 atom stereocenters. The second-order valence-electron chi connectivity index (χ2n) is 6.29. The van der Waals surface area contributed by atoms with Gasteiger partial charge < -0.3 is 16.0 Å². The summed E-state index contributed by atoms with van der Waals surface area (Å²) in [7, 11) is 1.74. The van der Waals surface area contributed by atoms with Gasteiger partial charge in [0, 0.05) is 36.8 Å². The number of thioether (sulfide) groups is 1. The number of nitrogens with one attached hydrogen (secondary N) is 3. The summed E-state index contributed by atoms with van der Waals surface area (Å²) >= 11 is 1.82. The van der Waals surface area contributed by atoms with Crippen LogP contribution in [-0.2, 0) is 4.79 Å². The van der Waals surface area contributed by atoms with Crippen LogP contribution in [0.25, 0.3) is 0 Å². The van der Waals surface area contributed by atoms with Gasteiger partial charge in [0.1, 0.15) is 0 Å². The maximum absolute atomic E-state index is 12.0. The summed E-state index contributed by atoms with van der Waals surface area (Å²) in [6.45, 7) is 9.91. The molecular weight excluding hydrogens is 447 g/mol. The molecular formula is C18H31IN4OS. The van der Waals surface area contributed by atoms with Crippen LogP contribution in [0.2, 0.25) is 0 Å². The van der Waals surface area contributed by atoms with Gasteiger partial charge in [-0.05, 0) is 32.9 Å². The number of carbonyl (C=O) groups is 1. The summed E-state index contributed by atoms with van der Waals surface area (Å²) in [5.41, 5.74) is -0.488. The van der Waals surface area contributed by atoms with Crippen molar-refractivity contribution in [2.24, 2.45) is 10.4 Å². The minimum absolute atomic E-state index is 0. The van der Waals surface area contributed by atoms with E-state index in [-0.39, 0.29) is 29.9 Å². The second-order valence-corrected chi connectivity index (χ2v) is 7.80. The quantitative estimate of drug-likeness (QED) is 0.233. The molecule has 0 radical (unpaired) electrons. The zero-order chi connectivity index (χ0) is 18.0. The standard InChI is InChI=1S/C18H30N4OS.HI/c1-6-20-16(23)18(3,4)13-22-17(19-5)21-12-14(2)24-15-10-8-7-9-11-15;/h7-11,14H,6,12-13H2,1-5H3,(H,20,23)(H2,19,21,22);1H. The number of aliphatic imine (C=N–C) groups is 1. The van der Waals surface area contributed by atoms with E-state index in [9.17, 15) is 4.79 Å². The molecule has 5 nitrogen and oxygen atoms in total. The van der Waals surface area contributed by atoms with E-state index in [1.54, 1.807) is 7.05 Å². The molecule has 25 heavy (non-hydrogen) atoms. The lowest BCUT2D eigenvalue weighted by Gasteiger charge is -2.25. The number of hydrogen-bond donors (Lipinski definition) is 3. The third-order valence-corrected chi connectivity index (χ3v) is 4.62. The molecule has 142 valence electrons. The van der Waals surface area contributed by atoms with Gasteiger partial charge in [-0.15, -0.1) is 35.7 Å². The molecule has 1 aromatic rings. The summed E-state index contributed by atoms with van der Waals surface area (Å²) in [6, 6.07) is 10.3. The van der Waals surface area contributed by atoms with Crippen molar-refractivity contribution in [3.63, 3.8) is 0 Å². The number of benzene rings is 1. The van der Waals surface area contributed by atoms with Gasteiger partial charge in [-0.1, -0.05) is 25.1 Å². The van der Waals surface area contributed by atoms with E-state index in [1.165, 1.54) is 4.90 Å². The zero-order valence-electron chi connectivity index (χ0n) is 15.8. The van der Waals surface area contributed by atoms with Gasteiger partial charge in [-0.25, -0.2) is 0 Å². The van der Waals surface area contributed by atoms with Crippen LogP contribution >= 0.6 is 35.7 Å². The highest BCUT2D eigenvalue weighted by Gasteiger charge is 2.27. The molecule has 1 unspecified atom stereocenters. The smallest absolute Gasteiger partial charge is 0.227 e. The van der Waals surface area contributed by atoms with Gasteiger partial charge in [0.05, 0.1) is 5.41 Å². The Bertz CT molecular complexity index is 537. The van der Waals surface area contributed by atoms with Crippen molar-refractivity contribution in [1.29, 1.82) is 0 Å². The number of nitrogens with zero attached hydrogens (tertiary/aromatic N) is 1. The number of guanidine groups is 1. The monoisotopic (exact) mass is 478 g/mol. The van der Waals surface area contributed by atoms with E-state index in [4.69, 9.17) is 0 Å². The van der Waals surface area contributed by atoms with Crippen molar-refractivity contribution in [3.05, 3.63) is 30.3 Å². The van der Waals surface area contributed by atoms with E-state index in [2.05, 4.69) is 40.0 Å². The molecule has 0 aliphatic carbocycles. The van der Waals surface area contributed by atoms with Crippen molar-refractivity contribution in [2.45, 2.75) is 37.8 Å². The predicted molar refractivity (Wildman–Crippen MR) is 119 cm³/mol. The highest BCUT2D eigenvalue weighted by Crippen LogP contribution is 2.21. The summed E-state index contributed by atoms with van der Waals surface area (Å²) in [6.07, 6.45) is 0. The van der Waals surface area contributed by atoms with Crippen LogP contribution < -0.4 is 16.0 Å². The maximum Gasteiger partial charge on any atom is 0.227 e. The minimum Gasteiger partial charge on any atom is -0.356 e. The molecule has 0 aromatic heterocycles. The zero-order valence-corrected chi connectivity index (χ0v) is 18.9. The molecule has 1 rings (SSSR count). The van der Waals surface area contributed by atoms with Gasteiger partial charge in [0.15, 0.2) is 5.96 Å². The SMILES string of the molecule is CCNC(=O)C(C)(C)CNC(=NC)NCC(C)Sc1ccccc1.I. The molecule has 0 heterocycles. The lowest BCUT2D eigenvalue weighted by atomic mass is 9.92. The van der Waals surface area contributed by atoms with Crippen LogP contribution in [-0.4, -0.2) is 43.8 Å². The first kappa shape index (κ1) is 24.0. The van der Waals surface area contributed by atoms with Gasteiger partial charge >= 0.3 is 0 Å². The van der Waals surface area contributed by atoms with Gasteiger partial charge in [0.2, 0.25) is 5.91 Å². The lowest BCUT2D eigenvalue weighted by Crippen LogP contribution is -2.48. The van der Waals surface area contributed by atoms with Crippen LogP contribution in [0.4, 0.5) is 0 Å². The van der Waals surface area contributed by atoms with Crippen LogP contribution in [0.5, 0.6) is 0 Å². The fraction of sp³-hybridized carbons (Fsp3) is 0.556. The van der Waals surface area contributed by atoms with Crippen molar-refractivity contribution in [1.82, 2.24) is 16.0 Å². The molecule has 0 saturated heterocycles. The van der Waals surface area contributed by atoms with Crippen molar-refractivity contribution in [2.75, 3.05) is 26.7 Å². The van der Waals surface area contributed by atoms with Crippen LogP contribution in [0.3, 0.4) is 0 Å². The molecule has 1 aromatic carbocycles. The molecule has 0 saturated carbocycles. The fourth-order valence-electron chi connectivity index (χ4n) is 2.02. The Morgan fingerprint density at radius 1 is 1.20 bits per heavy atom. The van der Waals surface area contributed by atoms with Gasteiger partial charge in [-0.2, -0.15) is 0 Å². The number of amides is 1. The van der Waals surface area contributed by atoms with Crippen LogP contribution in [0, 0.1) is 5.41 Å². The van der Waals surface area contributed by atoms with Crippen molar-refractivity contribution < 1.29 is 4.79 Å². The highest BCUT2D eigenvalue weighted by atomic mass is 127. The molecule has 3 N–H and O–H groups in total. The fourth-order valence-corrected chi connectivity index (χ4v) is 2.96. The van der Waals surface area contributed by atoms with Crippen LogP contribution in [0.1, 0.15) is 27.7 Å². The van der Waals surface area contributed by atoms with E-state index in [0.29, 0.717) is 24.3 Å². The third-order valence-electron chi connectivity index (χ3n) is 3.51. The first-order chi connectivity index (χ1) is 11.4. The number of carbonyl (C=O) groups excluding carboxylic acids is 1. The molecule has 0 fully saturated rings. The Hall–Kier alpha value is -0.960. The van der Waals surface area contributed by atoms with E-state index in [0.717, 1.165) is 6.54 Å². The average molecular weight is 478 g/mol. The summed E-state index contributed by atoms with van der Waals surface area (Å²) < 4.78 is 0. The minimum atomic E-state index is -0.488. The topological polar surface area (TPSA) is 65.5 Å². The number of hydrogen-bond acceptors (Lipinski definition) is 3. The third kappa shape index (κ3) is 9.34. The largest absolute Gasteiger partial charge is 0.356 e. The first-order valence-electron chi connectivity index (χ1n) is 8.33. The van der Waals surface area contributed by atoms with E-state index in [1.807, 2.05) is 50.7 Å². The van der Waals surface area contributed by atoms with Crippen molar-refractivity contribution >= 4 is 47.6 Å². The molecule has 0 aliphatic heterocycles. The molecule has 1 amide bonds. The van der Waals surface area contributed by atoms with Crippen molar-refractivity contribution in [3.8, 4) is 0 Å². The maximum atomic E-state index is 12.0. The summed E-state index contributed by atoms with van der Waals surface area (Å²) in [5.74, 6) is 0.758. The first-order valence-corrected chi connectivity index (χ1v) is 9.21. The lowest BCUT2D eigenvalue weighted by molar-refractivity contribution is -0.128. The average Bonchev–Trinajstić information content (AvgIpc) is 2.56. The Morgan fingerprint density at radius 2 is 1.84 bits per heavy atom. The molecule has 0 aliphatic rings. The predicted octanol–water partition coefficient (Wildman–Crippen LogP) is 3.11. The second kappa shape index (κ2) is 12.4. The molecule has 0 bridgehead atoms. The Morgan fingerprint density at radius 3 is 2.40 bits per heavy atom. The van der Waals surface area contributed by atoms with Crippen LogP contribution in [0.15, 0.2) is 40.2 Å². The van der Waals surface area contributed by atoms with E-state index < -0.39 is 5.41 Å². The summed E-state index contributed by atoms with van der Waals surface area (Å²) in [5, 5.41) is 9.82.